The quantitative estimate of drug-likeness (QED) is 0.763. The molecule has 118 valence electrons. The summed E-state index contributed by atoms with van der Waals surface area (Å²) in [6.45, 7) is 3.51. The van der Waals surface area contributed by atoms with Crippen LogP contribution in [-0.4, -0.2) is 35.4 Å². The van der Waals surface area contributed by atoms with Crippen molar-refractivity contribution in [1.29, 1.82) is 0 Å². The normalized spacial score (nSPS) is 13.1. The van der Waals surface area contributed by atoms with Crippen LogP contribution < -0.4 is 5.32 Å². The Morgan fingerprint density at radius 3 is 2.59 bits per heavy atom. The number of aliphatic hydroxyl groups excluding tert-OH is 2. The molecule has 2 rings (SSSR count). The van der Waals surface area contributed by atoms with Crippen LogP contribution in [0.4, 0.5) is 0 Å². The van der Waals surface area contributed by atoms with Gasteiger partial charge in [0.15, 0.2) is 0 Å². The van der Waals surface area contributed by atoms with Crippen molar-refractivity contribution >= 4 is 16.7 Å². The number of hydrogen-bond donors (Lipinski definition) is 3. The topological polar surface area (TPSA) is 69.6 Å². The summed E-state index contributed by atoms with van der Waals surface area (Å²) in [5, 5.41) is 24.2. The van der Waals surface area contributed by atoms with Gasteiger partial charge in [0.1, 0.15) is 6.10 Å². The first-order valence-electron chi connectivity index (χ1n) is 7.49. The van der Waals surface area contributed by atoms with E-state index >= 15 is 0 Å². The maximum atomic E-state index is 11.9. The number of amides is 1. The molecule has 0 saturated carbocycles. The summed E-state index contributed by atoms with van der Waals surface area (Å²) < 4.78 is 0. The highest BCUT2D eigenvalue weighted by Crippen LogP contribution is 2.20. The van der Waals surface area contributed by atoms with Crippen LogP contribution in [0.25, 0.3) is 10.8 Å². The van der Waals surface area contributed by atoms with Gasteiger partial charge in [-0.2, -0.15) is 0 Å². The van der Waals surface area contributed by atoms with Crippen LogP contribution in [0.5, 0.6) is 0 Å². The van der Waals surface area contributed by atoms with Gasteiger partial charge in [-0.3, -0.25) is 4.79 Å². The van der Waals surface area contributed by atoms with Crippen molar-refractivity contribution in [2.75, 3.05) is 13.2 Å². The zero-order valence-corrected chi connectivity index (χ0v) is 13.0. The Morgan fingerprint density at radius 1 is 1.18 bits per heavy atom. The lowest BCUT2D eigenvalue weighted by Gasteiger charge is -2.27. The molecule has 0 bridgehead atoms. The lowest BCUT2D eigenvalue weighted by Crippen LogP contribution is -2.46. The SMILES string of the molecule is CC(C)(CO)[C@H](O)C(=O)NCCc1cccc2ccccc12. The number of carbonyl (C=O) groups is 1. The monoisotopic (exact) mass is 301 g/mol. The number of fused-ring (bicyclic) bond motifs is 1. The smallest absolute Gasteiger partial charge is 0.249 e. The summed E-state index contributed by atoms with van der Waals surface area (Å²) in [6, 6.07) is 14.2. The standard InChI is InChI=1S/C18H23NO3/c1-18(2,12-20)16(21)17(22)19-11-10-14-8-5-7-13-6-3-4-9-15(13)14/h3-9,16,20-21H,10-12H2,1-2H3,(H,19,22)/t16-/m1/s1. The van der Waals surface area contributed by atoms with Crippen molar-refractivity contribution in [3.63, 3.8) is 0 Å². The van der Waals surface area contributed by atoms with E-state index in [1.165, 1.54) is 10.8 Å². The molecule has 2 aromatic carbocycles. The highest BCUT2D eigenvalue weighted by molar-refractivity contribution is 5.86. The van der Waals surface area contributed by atoms with Crippen LogP contribution in [0.3, 0.4) is 0 Å². The van der Waals surface area contributed by atoms with E-state index in [2.05, 4.69) is 23.5 Å². The predicted octanol–water partition coefficient (Wildman–Crippen LogP) is 1.88. The van der Waals surface area contributed by atoms with Gasteiger partial charge in [0, 0.05) is 12.0 Å². The second-order valence-corrected chi connectivity index (χ2v) is 6.23. The van der Waals surface area contributed by atoms with Gasteiger partial charge in [0.05, 0.1) is 6.61 Å². The summed E-state index contributed by atoms with van der Waals surface area (Å²) in [7, 11) is 0. The average molecular weight is 301 g/mol. The van der Waals surface area contributed by atoms with Gasteiger partial charge in [-0.25, -0.2) is 0 Å². The Bertz CT molecular complexity index is 646. The van der Waals surface area contributed by atoms with Gasteiger partial charge < -0.3 is 15.5 Å². The Morgan fingerprint density at radius 2 is 1.86 bits per heavy atom. The fourth-order valence-corrected chi connectivity index (χ4v) is 2.37. The van der Waals surface area contributed by atoms with E-state index in [9.17, 15) is 15.0 Å². The average Bonchev–Trinajstić information content (AvgIpc) is 2.54. The molecule has 0 aromatic heterocycles. The molecule has 0 heterocycles. The van der Waals surface area contributed by atoms with Crippen molar-refractivity contribution in [2.24, 2.45) is 5.41 Å². The van der Waals surface area contributed by atoms with E-state index in [-0.39, 0.29) is 6.61 Å². The largest absolute Gasteiger partial charge is 0.396 e. The number of carbonyl (C=O) groups excluding carboxylic acids is 1. The van der Waals surface area contributed by atoms with Gasteiger partial charge in [-0.15, -0.1) is 0 Å². The lowest BCUT2D eigenvalue weighted by atomic mass is 9.87. The third-order valence-electron chi connectivity index (χ3n) is 3.97. The summed E-state index contributed by atoms with van der Waals surface area (Å²) in [5.74, 6) is -0.445. The molecule has 0 spiro atoms. The van der Waals surface area contributed by atoms with E-state index < -0.39 is 17.4 Å². The molecule has 0 aliphatic carbocycles. The van der Waals surface area contributed by atoms with E-state index in [0.29, 0.717) is 13.0 Å². The molecule has 0 unspecified atom stereocenters. The van der Waals surface area contributed by atoms with Crippen LogP contribution in [-0.2, 0) is 11.2 Å². The molecule has 0 saturated heterocycles. The van der Waals surface area contributed by atoms with Crippen LogP contribution in [0.2, 0.25) is 0 Å². The van der Waals surface area contributed by atoms with Crippen LogP contribution in [0.15, 0.2) is 42.5 Å². The van der Waals surface area contributed by atoms with E-state index in [1.807, 2.05) is 24.3 Å². The number of nitrogens with one attached hydrogen (secondary N) is 1. The second kappa shape index (κ2) is 6.90. The maximum Gasteiger partial charge on any atom is 0.249 e. The molecule has 1 amide bonds. The van der Waals surface area contributed by atoms with Gasteiger partial charge in [-0.1, -0.05) is 56.3 Å². The molecule has 1 atom stereocenters. The van der Waals surface area contributed by atoms with Gasteiger partial charge in [-0.05, 0) is 22.8 Å². The Kier molecular flexibility index (Phi) is 5.16. The number of aliphatic hydroxyl groups is 2. The molecule has 0 aliphatic heterocycles. The van der Waals surface area contributed by atoms with E-state index in [0.717, 1.165) is 5.56 Å². The lowest BCUT2D eigenvalue weighted by molar-refractivity contribution is -0.137. The minimum absolute atomic E-state index is 0.245. The summed E-state index contributed by atoms with van der Waals surface area (Å²) in [5.41, 5.74) is 0.318. The van der Waals surface area contributed by atoms with Gasteiger partial charge in [0.2, 0.25) is 5.91 Å². The number of rotatable bonds is 6. The van der Waals surface area contributed by atoms with Crippen molar-refractivity contribution in [3.05, 3.63) is 48.0 Å². The highest BCUT2D eigenvalue weighted by atomic mass is 16.3. The number of hydrogen-bond acceptors (Lipinski definition) is 3. The first-order chi connectivity index (χ1) is 10.5. The molecule has 3 N–H and O–H groups in total. The maximum absolute atomic E-state index is 11.9. The third-order valence-corrected chi connectivity index (χ3v) is 3.97. The van der Waals surface area contributed by atoms with E-state index in [4.69, 9.17) is 0 Å². The minimum atomic E-state index is -1.22. The molecule has 0 aliphatic rings. The van der Waals surface area contributed by atoms with Gasteiger partial charge >= 0.3 is 0 Å². The molecule has 4 nitrogen and oxygen atoms in total. The second-order valence-electron chi connectivity index (χ2n) is 6.23. The molecule has 22 heavy (non-hydrogen) atoms. The fraction of sp³-hybridized carbons (Fsp3) is 0.389. The summed E-state index contributed by atoms with van der Waals surface area (Å²) >= 11 is 0. The Balaban J connectivity index is 1.97. The van der Waals surface area contributed by atoms with Crippen LogP contribution in [0.1, 0.15) is 19.4 Å². The zero-order valence-electron chi connectivity index (χ0n) is 13.0. The third kappa shape index (κ3) is 3.64. The summed E-state index contributed by atoms with van der Waals surface area (Å²) in [6.07, 6.45) is -0.524. The molecular formula is C18H23NO3. The van der Waals surface area contributed by atoms with Crippen molar-refractivity contribution in [3.8, 4) is 0 Å². The van der Waals surface area contributed by atoms with Crippen molar-refractivity contribution in [1.82, 2.24) is 5.32 Å². The minimum Gasteiger partial charge on any atom is -0.396 e. The highest BCUT2D eigenvalue weighted by Gasteiger charge is 2.32. The molecular weight excluding hydrogens is 278 g/mol. The number of benzene rings is 2. The Hall–Kier alpha value is -1.91. The van der Waals surface area contributed by atoms with Crippen molar-refractivity contribution < 1.29 is 15.0 Å². The first-order valence-corrected chi connectivity index (χ1v) is 7.49. The Labute approximate surface area is 130 Å². The van der Waals surface area contributed by atoms with Crippen LogP contribution in [0, 0.1) is 5.41 Å². The van der Waals surface area contributed by atoms with Gasteiger partial charge in [0.25, 0.3) is 0 Å². The molecule has 4 heteroatoms. The predicted molar refractivity (Wildman–Crippen MR) is 87.5 cm³/mol. The molecule has 0 radical (unpaired) electrons. The molecule has 0 fully saturated rings. The van der Waals surface area contributed by atoms with E-state index in [1.54, 1.807) is 13.8 Å². The summed E-state index contributed by atoms with van der Waals surface area (Å²) in [4.78, 5) is 11.9. The zero-order chi connectivity index (χ0) is 16.2. The fourth-order valence-electron chi connectivity index (χ4n) is 2.37. The molecule has 2 aromatic rings. The van der Waals surface area contributed by atoms with Crippen LogP contribution >= 0.6 is 0 Å². The first kappa shape index (κ1) is 16.5. The van der Waals surface area contributed by atoms with Crippen molar-refractivity contribution in [2.45, 2.75) is 26.4 Å².